The second kappa shape index (κ2) is 5.65. The van der Waals surface area contributed by atoms with Gasteiger partial charge in [-0.1, -0.05) is 36.4 Å². The molecule has 0 spiro atoms. The Morgan fingerprint density at radius 2 is 1.90 bits per heavy atom. The molecule has 1 heterocycles. The summed E-state index contributed by atoms with van der Waals surface area (Å²) in [6.45, 7) is 1.12. The quantitative estimate of drug-likeness (QED) is 0.899. The molecular formula is C16H16N2O2. The summed E-state index contributed by atoms with van der Waals surface area (Å²) in [5.41, 5.74) is 2.75. The van der Waals surface area contributed by atoms with Crippen LogP contribution >= 0.6 is 0 Å². The number of ether oxygens (including phenoxy) is 1. The summed E-state index contributed by atoms with van der Waals surface area (Å²) in [5.74, 6) is 0.782. The third kappa shape index (κ3) is 2.74. The van der Waals surface area contributed by atoms with E-state index < -0.39 is 0 Å². The van der Waals surface area contributed by atoms with Gasteiger partial charge in [0, 0.05) is 13.0 Å². The van der Waals surface area contributed by atoms with Crippen LogP contribution in [0, 0.1) is 0 Å². The molecule has 0 saturated carbocycles. The molecule has 1 aliphatic rings. The fraction of sp³-hybridized carbons (Fsp3) is 0.188. The second-order valence-electron chi connectivity index (χ2n) is 4.68. The lowest BCUT2D eigenvalue weighted by Crippen LogP contribution is -2.10. The van der Waals surface area contributed by atoms with Crippen molar-refractivity contribution in [1.29, 1.82) is 0 Å². The van der Waals surface area contributed by atoms with Crippen molar-refractivity contribution >= 4 is 17.3 Å². The Bertz CT molecular complexity index is 611. The number of carbonyl (C=O) groups excluding carboxylic acids is 1. The van der Waals surface area contributed by atoms with E-state index in [0.717, 1.165) is 22.7 Å². The number of hydrogen-bond donors (Lipinski definition) is 2. The van der Waals surface area contributed by atoms with E-state index in [1.165, 1.54) is 0 Å². The first kappa shape index (κ1) is 12.5. The molecule has 0 aromatic heterocycles. The SMILES string of the molecule is O=C1CCNc2c(cccc2OCc2ccccc2)N1. The Morgan fingerprint density at radius 3 is 2.75 bits per heavy atom. The van der Waals surface area contributed by atoms with E-state index >= 15 is 0 Å². The van der Waals surface area contributed by atoms with E-state index in [-0.39, 0.29) is 5.91 Å². The Kier molecular flexibility index (Phi) is 3.54. The minimum Gasteiger partial charge on any atom is -0.487 e. The zero-order valence-electron chi connectivity index (χ0n) is 11.1. The van der Waals surface area contributed by atoms with E-state index in [2.05, 4.69) is 10.6 Å². The molecule has 3 rings (SSSR count). The molecular weight excluding hydrogens is 252 g/mol. The van der Waals surface area contributed by atoms with Crippen LogP contribution in [0.5, 0.6) is 5.75 Å². The predicted octanol–water partition coefficient (Wildman–Crippen LogP) is 3.02. The molecule has 0 fully saturated rings. The molecule has 20 heavy (non-hydrogen) atoms. The molecule has 102 valence electrons. The maximum Gasteiger partial charge on any atom is 0.226 e. The van der Waals surface area contributed by atoms with Crippen LogP contribution in [0.3, 0.4) is 0 Å². The van der Waals surface area contributed by atoms with Gasteiger partial charge in [0.15, 0.2) is 0 Å². The van der Waals surface area contributed by atoms with E-state index in [1.54, 1.807) is 0 Å². The van der Waals surface area contributed by atoms with Gasteiger partial charge in [0.2, 0.25) is 5.91 Å². The van der Waals surface area contributed by atoms with Crippen LogP contribution in [0.15, 0.2) is 48.5 Å². The molecule has 0 atom stereocenters. The summed E-state index contributed by atoms with van der Waals surface area (Å²) in [5, 5.41) is 6.13. The number of fused-ring (bicyclic) bond motifs is 1. The van der Waals surface area contributed by atoms with Crippen molar-refractivity contribution in [3.63, 3.8) is 0 Å². The van der Waals surface area contributed by atoms with Crippen molar-refractivity contribution in [3.8, 4) is 5.75 Å². The lowest BCUT2D eigenvalue weighted by molar-refractivity contribution is -0.115. The van der Waals surface area contributed by atoms with Crippen LogP contribution < -0.4 is 15.4 Å². The number of anilines is 2. The minimum atomic E-state index is 0.0245. The third-order valence-electron chi connectivity index (χ3n) is 3.19. The van der Waals surface area contributed by atoms with Crippen LogP contribution in [0.25, 0.3) is 0 Å². The second-order valence-corrected chi connectivity index (χ2v) is 4.68. The van der Waals surface area contributed by atoms with Crippen LogP contribution in [-0.4, -0.2) is 12.5 Å². The molecule has 2 aromatic rings. The number of amides is 1. The number of nitrogens with one attached hydrogen (secondary N) is 2. The fourth-order valence-electron chi connectivity index (χ4n) is 2.19. The smallest absolute Gasteiger partial charge is 0.226 e. The van der Waals surface area contributed by atoms with Crippen molar-refractivity contribution in [2.45, 2.75) is 13.0 Å². The summed E-state index contributed by atoms with van der Waals surface area (Å²) in [6, 6.07) is 15.7. The maximum atomic E-state index is 11.5. The molecule has 2 aromatic carbocycles. The van der Waals surface area contributed by atoms with Crippen LogP contribution in [0.2, 0.25) is 0 Å². The summed E-state index contributed by atoms with van der Waals surface area (Å²) >= 11 is 0. The monoisotopic (exact) mass is 268 g/mol. The lowest BCUT2D eigenvalue weighted by atomic mass is 10.2. The van der Waals surface area contributed by atoms with Gasteiger partial charge in [-0.05, 0) is 17.7 Å². The highest BCUT2D eigenvalue weighted by atomic mass is 16.5. The first-order chi connectivity index (χ1) is 9.83. The average Bonchev–Trinajstić information content (AvgIpc) is 2.67. The Hall–Kier alpha value is -2.49. The van der Waals surface area contributed by atoms with Gasteiger partial charge < -0.3 is 15.4 Å². The zero-order valence-corrected chi connectivity index (χ0v) is 11.1. The predicted molar refractivity (Wildman–Crippen MR) is 79.0 cm³/mol. The summed E-state index contributed by atoms with van der Waals surface area (Å²) in [6.07, 6.45) is 0.465. The fourth-order valence-corrected chi connectivity index (χ4v) is 2.19. The van der Waals surface area contributed by atoms with Gasteiger partial charge >= 0.3 is 0 Å². The summed E-state index contributed by atoms with van der Waals surface area (Å²) in [4.78, 5) is 11.5. The first-order valence-corrected chi connectivity index (χ1v) is 6.66. The van der Waals surface area contributed by atoms with Crippen molar-refractivity contribution in [3.05, 3.63) is 54.1 Å². The van der Waals surface area contributed by atoms with Gasteiger partial charge in [0.25, 0.3) is 0 Å². The van der Waals surface area contributed by atoms with Crippen LogP contribution in [0.4, 0.5) is 11.4 Å². The first-order valence-electron chi connectivity index (χ1n) is 6.66. The number of rotatable bonds is 3. The lowest BCUT2D eigenvalue weighted by Gasteiger charge is -2.14. The number of para-hydroxylation sites is 1. The molecule has 0 unspecified atom stereocenters. The highest BCUT2D eigenvalue weighted by Crippen LogP contribution is 2.34. The number of benzene rings is 2. The molecule has 0 saturated heterocycles. The molecule has 0 radical (unpaired) electrons. The van der Waals surface area contributed by atoms with E-state index in [9.17, 15) is 4.79 Å². The largest absolute Gasteiger partial charge is 0.487 e. The molecule has 2 N–H and O–H groups in total. The molecule has 1 amide bonds. The number of carbonyl (C=O) groups is 1. The van der Waals surface area contributed by atoms with E-state index in [4.69, 9.17) is 4.74 Å². The third-order valence-corrected chi connectivity index (χ3v) is 3.19. The molecule has 1 aliphatic heterocycles. The standard InChI is InChI=1S/C16H16N2O2/c19-15-9-10-17-16-13(18-15)7-4-8-14(16)20-11-12-5-2-1-3-6-12/h1-8,17H,9-11H2,(H,18,19). The van der Waals surface area contributed by atoms with Gasteiger partial charge in [0.1, 0.15) is 18.0 Å². The summed E-state index contributed by atoms with van der Waals surface area (Å²) < 4.78 is 5.87. The van der Waals surface area contributed by atoms with Crippen LogP contribution in [-0.2, 0) is 11.4 Å². The number of hydrogen-bond acceptors (Lipinski definition) is 3. The highest BCUT2D eigenvalue weighted by molar-refractivity contribution is 5.97. The Balaban J connectivity index is 1.80. The molecule has 4 nitrogen and oxygen atoms in total. The van der Waals surface area contributed by atoms with Gasteiger partial charge in [-0.15, -0.1) is 0 Å². The van der Waals surface area contributed by atoms with Crippen molar-refractivity contribution in [2.24, 2.45) is 0 Å². The molecule has 4 heteroatoms. The van der Waals surface area contributed by atoms with Gasteiger partial charge in [-0.25, -0.2) is 0 Å². The average molecular weight is 268 g/mol. The van der Waals surface area contributed by atoms with Gasteiger partial charge in [-0.2, -0.15) is 0 Å². The zero-order chi connectivity index (χ0) is 13.8. The van der Waals surface area contributed by atoms with Gasteiger partial charge in [0.05, 0.1) is 5.69 Å². The molecule has 0 bridgehead atoms. The molecule has 0 aliphatic carbocycles. The Morgan fingerprint density at radius 1 is 1.05 bits per heavy atom. The van der Waals surface area contributed by atoms with Crippen LogP contribution in [0.1, 0.15) is 12.0 Å². The topological polar surface area (TPSA) is 50.4 Å². The highest BCUT2D eigenvalue weighted by Gasteiger charge is 2.15. The van der Waals surface area contributed by atoms with Crippen molar-refractivity contribution in [1.82, 2.24) is 0 Å². The maximum absolute atomic E-state index is 11.5. The normalized spacial score (nSPS) is 13.7. The van der Waals surface area contributed by atoms with Crippen molar-refractivity contribution in [2.75, 3.05) is 17.2 Å². The van der Waals surface area contributed by atoms with Gasteiger partial charge in [-0.3, -0.25) is 4.79 Å². The minimum absolute atomic E-state index is 0.0245. The summed E-state index contributed by atoms with van der Waals surface area (Å²) in [7, 11) is 0. The Labute approximate surface area is 117 Å². The van der Waals surface area contributed by atoms with E-state index in [0.29, 0.717) is 19.6 Å². The van der Waals surface area contributed by atoms with E-state index in [1.807, 2.05) is 48.5 Å². The van der Waals surface area contributed by atoms with Crippen molar-refractivity contribution < 1.29 is 9.53 Å².